The van der Waals surface area contributed by atoms with Gasteiger partial charge in [0.25, 0.3) is 0 Å². The van der Waals surface area contributed by atoms with E-state index in [9.17, 15) is 0 Å². The molecule has 106 valence electrons. The summed E-state index contributed by atoms with van der Waals surface area (Å²) in [5.74, 6) is 0. The maximum atomic E-state index is 6.68. The molecule has 0 aliphatic rings. The van der Waals surface area contributed by atoms with Crippen molar-refractivity contribution >= 4 is 11.6 Å². The van der Waals surface area contributed by atoms with E-state index in [0.29, 0.717) is 0 Å². The van der Waals surface area contributed by atoms with Gasteiger partial charge in [-0.2, -0.15) is 0 Å². The van der Waals surface area contributed by atoms with Gasteiger partial charge in [-0.1, -0.05) is 63.6 Å². The van der Waals surface area contributed by atoms with Gasteiger partial charge in [-0.3, -0.25) is 0 Å². The Kier molecular flexibility index (Phi) is 4.19. The molecule has 0 saturated heterocycles. The first-order valence-electron chi connectivity index (χ1n) is 7.11. The summed E-state index contributed by atoms with van der Waals surface area (Å²) in [4.78, 5) is 0. The Morgan fingerprint density at radius 3 is 2.45 bits per heavy atom. The van der Waals surface area contributed by atoms with Crippen molar-refractivity contribution in [3.63, 3.8) is 0 Å². The highest BCUT2D eigenvalue weighted by Crippen LogP contribution is 2.35. The van der Waals surface area contributed by atoms with Crippen LogP contribution in [-0.2, 0) is 18.9 Å². The standard InChI is InChI=1S/C18H23ClN/c1-6-13-8-7-9-14(10-13)15-11-20(5)12-16(17(15)19)18(2,3)4/h7-12H,6H2,1-5H3/q+1. The van der Waals surface area contributed by atoms with Gasteiger partial charge in [-0.25, -0.2) is 4.57 Å². The van der Waals surface area contributed by atoms with E-state index in [1.165, 1.54) is 16.7 Å². The summed E-state index contributed by atoms with van der Waals surface area (Å²) >= 11 is 6.68. The smallest absolute Gasteiger partial charge is 0.177 e. The van der Waals surface area contributed by atoms with Crippen molar-refractivity contribution in [2.45, 2.75) is 39.5 Å². The summed E-state index contributed by atoms with van der Waals surface area (Å²) in [6.45, 7) is 8.76. The molecule has 0 aliphatic carbocycles. The minimum absolute atomic E-state index is 0.0349. The molecule has 0 saturated carbocycles. The zero-order valence-electron chi connectivity index (χ0n) is 13.0. The number of rotatable bonds is 2. The Balaban J connectivity index is 2.65. The summed E-state index contributed by atoms with van der Waals surface area (Å²) in [6, 6.07) is 8.62. The predicted octanol–water partition coefficient (Wildman–Crippen LogP) is 4.69. The summed E-state index contributed by atoms with van der Waals surface area (Å²) < 4.78 is 2.10. The van der Waals surface area contributed by atoms with Gasteiger partial charge in [0, 0.05) is 5.56 Å². The van der Waals surface area contributed by atoms with Crippen LogP contribution in [0.3, 0.4) is 0 Å². The lowest BCUT2D eigenvalue weighted by Crippen LogP contribution is -2.30. The molecular formula is C18H23ClN+. The quantitative estimate of drug-likeness (QED) is 0.706. The molecule has 1 aromatic heterocycles. The maximum Gasteiger partial charge on any atom is 0.177 e. The van der Waals surface area contributed by atoms with Gasteiger partial charge in [-0.15, -0.1) is 0 Å². The van der Waals surface area contributed by atoms with Crippen molar-refractivity contribution in [3.05, 3.63) is 52.8 Å². The van der Waals surface area contributed by atoms with Crippen LogP contribution in [0, 0.1) is 0 Å². The topological polar surface area (TPSA) is 3.88 Å². The van der Waals surface area contributed by atoms with Crippen LogP contribution in [0.5, 0.6) is 0 Å². The molecule has 0 unspecified atom stereocenters. The van der Waals surface area contributed by atoms with E-state index in [1.54, 1.807) is 0 Å². The zero-order valence-corrected chi connectivity index (χ0v) is 13.8. The van der Waals surface area contributed by atoms with Gasteiger partial charge in [0.1, 0.15) is 7.05 Å². The van der Waals surface area contributed by atoms with Gasteiger partial charge in [0.2, 0.25) is 0 Å². The third-order valence-corrected chi connectivity index (χ3v) is 4.00. The number of aryl methyl sites for hydroxylation is 2. The number of hydrogen-bond acceptors (Lipinski definition) is 0. The molecule has 0 radical (unpaired) electrons. The number of nitrogens with zero attached hydrogens (tertiary/aromatic N) is 1. The first-order chi connectivity index (χ1) is 9.32. The second-order valence-corrected chi connectivity index (χ2v) is 6.75. The Morgan fingerprint density at radius 2 is 1.85 bits per heavy atom. The second-order valence-electron chi connectivity index (χ2n) is 6.37. The molecule has 0 bridgehead atoms. The summed E-state index contributed by atoms with van der Waals surface area (Å²) in [7, 11) is 2.05. The molecule has 0 spiro atoms. The molecule has 0 atom stereocenters. The lowest BCUT2D eigenvalue weighted by atomic mass is 9.86. The minimum atomic E-state index is 0.0349. The molecule has 2 aromatic rings. The third kappa shape index (κ3) is 3.04. The van der Waals surface area contributed by atoms with Crippen LogP contribution in [-0.4, -0.2) is 0 Å². The summed E-state index contributed by atoms with van der Waals surface area (Å²) in [5.41, 5.74) is 4.85. The molecule has 1 heterocycles. The van der Waals surface area contributed by atoms with Gasteiger partial charge >= 0.3 is 0 Å². The third-order valence-electron chi connectivity index (χ3n) is 3.59. The van der Waals surface area contributed by atoms with Crippen LogP contribution < -0.4 is 4.57 Å². The van der Waals surface area contributed by atoms with Gasteiger partial charge in [0.15, 0.2) is 12.4 Å². The maximum absolute atomic E-state index is 6.68. The SMILES string of the molecule is CCc1cccc(-c2c[n+](C)cc(C(C)(C)C)c2Cl)c1. The fraction of sp³-hybridized carbons (Fsp3) is 0.389. The lowest BCUT2D eigenvalue weighted by molar-refractivity contribution is -0.671. The lowest BCUT2D eigenvalue weighted by Gasteiger charge is -2.20. The van der Waals surface area contributed by atoms with E-state index in [-0.39, 0.29) is 5.41 Å². The molecule has 2 rings (SSSR count). The number of halogens is 1. The molecule has 1 nitrogen and oxygen atoms in total. The molecule has 1 aromatic carbocycles. The van der Waals surface area contributed by atoms with Gasteiger partial charge in [-0.05, 0) is 23.0 Å². The largest absolute Gasteiger partial charge is 0.207 e. The van der Waals surface area contributed by atoms with E-state index in [4.69, 9.17) is 11.6 Å². The number of hydrogen-bond donors (Lipinski definition) is 0. The van der Waals surface area contributed by atoms with Crippen LogP contribution in [0.4, 0.5) is 0 Å². The van der Waals surface area contributed by atoms with E-state index in [0.717, 1.165) is 17.0 Å². The first kappa shape index (κ1) is 15.1. The molecule has 0 amide bonds. The minimum Gasteiger partial charge on any atom is -0.207 e. The Bertz CT molecular complexity index is 624. The van der Waals surface area contributed by atoms with Crippen molar-refractivity contribution in [1.29, 1.82) is 0 Å². The zero-order chi connectivity index (χ0) is 14.9. The summed E-state index contributed by atoms with van der Waals surface area (Å²) in [6.07, 6.45) is 5.26. The van der Waals surface area contributed by atoms with Crippen molar-refractivity contribution in [2.24, 2.45) is 7.05 Å². The van der Waals surface area contributed by atoms with E-state index in [2.05, 4.69) is 76.0 Å². The molecule has 0 N–H and O–H groups in total. The fourth-order valence-electron chi connectivity index (χ4n) is 2.39. The molecule has 0 fully saturated rings. The Hall–Kier alpha value is -1.34. The Morgan fingerprint density at radius 1 is 1.15 bits per heavy atom. The normalized spacial score (nSPS) is 11.7. The van der Waals surface area contributed by atoms with Crippen LogP contribution in [0.15, 0.2) is 36.7 Å². The predicted molar refractivity (Wildman–Crippen MR) is 86.1 cm³/mol. The molecule has 0 aliphatic heterocycles. The highest BCUT2D eigenvalue weighted by molar-refractivity contribution is 6.34. The molecule has 20 heavy (non-hydrogen) atoms. The number of pyridine rings is 1. The Labute approximate surface area is 127 Å². The van der Waals surface area contributed by atoms with Crippen LogP contribution in [0.2, 0.25) is 5.02 Å². The van der Waals surface area contributed by atoms with Crippen molar-refractivity contribution in [1.82, 2.24) is 0 Å². The van der Waals surface area contributed by atoms with Crippen LogP contribution >= 0.6 is 11.6 Å². The van der Waals surface area contributed by atoms with Gasteiger partial charge in [0.05, 0.1) is 10.6 Å². The molecular weight excluding hydrogens is 266 g/mol. The van der Waals surface area contributed by atoms with Gasteiger partial charge < -0.3 is 0 Å². The fourth-order valence-corrected chi connectivity index (χ4v) is 2.88. The summed E-state index contributed by atoms with van der Waals surface area (Å²) in [5, 5.41) is 0.865. The monoisotopic (exact) mass is 288 g/mol. The first-order valence-corrected chi connectivity index (χ1v) is 7.49. The average Bonchev–Trinajstić information content (AvgIpc) is 2.40. The van der Waals surface area contributed by atoms with E-state index >= 15 is 0 Å². The number of benzene rings is 1. The van der Waals surface area contributed by atoms with Crippen LogP contribution in [0.1, 0.15) is 38.8 Å². The van der Waals surface area contributed by atoms with E-state index in [1.807, 2.05) is 0 Å². The van der Waals surface area contributed by atoms with Crippen molar-refractivity contribution < 1.29 is 4.57 Å². The second kappa shape index (κ2) is 5.57. The van der Waals surface area contributed by atoms with Crippen molar-refractivity contribution in [2.75, 3.05) is 0 Å². The number of aromatic nitrogens is 1. The van der Waals surface area contributed by atoms with E-state index < -0.39 is 0 Å². The van der Waals surface area contributed by atoms with Crippen LogP contribution in [0.25, 0.3) is 11.1 Å². The average molecular weight is 289 g/mol. The van der Waals surface area contributed by atoms with Crippen molar-refractivity contribution in [3.8, 4) is 11.1 Å². The molecule has 2 heteroatoms. The highest BCUT2D eigenvalue weighted by atomic mass is 35.5. The highest BCUT2D eigenvalue weighted by Gasteiger charge is 2.24.